The van der Waals surface area contributed by atoms with Crippen molar-refractivity contribution in [2.75, 3.05) is 19.7 Å². The van der Waals surface area contributed by atoms with Crippen LogP contribution >= 0.6 is 11.3 Å². The van der Waals surface area contributed by atoms with E-state index in [4.69, 9.17) is 0 Å². The van der Waals surface area contributed by atoms with Crippen LogP contribution in [0.3, 0.4) is 0 Å². The molecule has 0 bridgehead atoms. The Labute approximate surface area is 88.2 Å². The Morgan fingerprint density at radius 3 is 3.14 bits per heavy atom. The first-order valence-corrected chi connectivity index (χ1v) is 5.98. The predicted molar refractivity (Wildman–Crippen MR) is 57.4 cm³/mol. The van der Waals surface area contributed by atoms with Crippen LogP contribution in [0, 0.1) is 5.41 Å². The van der Waals surface area contributed by atoms with Crippen LogP contribution in [0.5, 0.6) is 0 Å². The van der Waals surface area contributed by atoms with Gasteiger partial charge < -0.3 is 10.4 Å². The van der Waals surface area contributed by atoms with Crippen molar-refractivity contribution in [3.8, 4) is 0 Å². The smallest absolute Gasteiger partial charge is 0.0794 e. The van der Waals surface area contributed by atoms with E-state index >= 15 is 0 Å². The zero-order valence-corrected chi connectivity index (χ0v) is 9.02. The van der Waals surface area contributed by atoms with E-state index in [1.165, 1.54) is 0 Å². The molecule has 2 rings (SSSR count). The van der Waals surface area contributed by atoms with Gasteiger partial charge in [0.25, 0.3) is 0 Å². The number of thiazole rings is 1. The van der Waals surface area contributed by atoms with E-state index in [-0.39, 0.29) is 12.0 Å². The minimum Gasteiger partial charge on any atom is -0.396 e. The summed E-state index contributed by atoms with van der Waals surface area (Å²) in [5.74, 6) is 0. The third-order valence-corrected chi connectivity index (χ3v) is 3.57. The van der Waals surface area contributed by atoms with Crippen LogP contribution in [0.15, 0.2) is 10.9 Å². The molecule has 1 saturated heterocycles. The minimum atomic E-state index is 0.0341. The lowest BCUT2D eigenvalue weighted by Crippen LogP contribution is -2.44. The second-order valence-electron chi connectivity index (χ2n) is 4.10. The number of piperidine rings is 1. The highest BCUT2D eigenvalue weighted by Crippen LogP contribution is 2.29. The van der Waals surface area contributed by atoms with Gasteiger partial charge in [-0.25, -0.2) is 4.98 Å². The molecule has 2 heterocycles. The average molecular weight is 212 g/mol. The van der Waals surface area contributed by atoms with E-state index in [2.05, 4.69) is 15.7 Å². The highest BCUT2D eigenvalue weighted by atomic mass is 32.1. The highest BCUT2D eigenvalue weighted by molar-refractivity contribution is 7.07. The molecule has 0 spiro atoms. The molecule has 2 N–H and O–H groups in total. The summed E-state index contributed by atoms with van der Waals surface area (Å²) >= 11 is 1.62. The molecule has 1 atom stereocenters. The van der Waals surface area contributed by atoms with Crippen molar-refractivity contribution >= 4 is 11.3 Å². The molecule has 78 valence electrons. The maximum absolute atomic E-state index is 9.48. The first-order valence-electron chi connectivity index (χ1n) is 5.03. The number of rotatable bonds is 3. The van der Waals surface area contributed by atoms with Crippen molar-refractivity contribution in [1.29, 1.82) is 0 Å². The van der Waals surface area contributed by atoms with E-state index in [0.29, 0.717) is 0 Å². The summed E-state index contributed by atoms with van der Waals surface area (Å²) in [6.07, 6.45) is 3.17. The SMILES string of the molecule is OCC1(Cc2cscn2)CCCNC1. The standard InChI is InChI=1S/C10H16N2OS/c13-7-10(2-1-3-11-6-10)4-9-5-14-8-12-9/h5,8,11,13H,1-4,6-7H2. The van der Waals surface area contributed by atoms with Gasteiger partial charge in [0.1, 0.15) is 0 Å². The molecular weight excluding hydrogens is 196 g/mol. The fraction of sp³-hybridized carbons (Fsp3) is 0.700. The van der Waals surface area contributed by atoms with Gasteiger partial charge in [0.15, 0.2) is 0 Å². The lowest BCUT2D eigenvalue weighted by Gasteiger charge is -2.35. The third-order valence-electron chi connectivity index (χ3n) is 2.94. The Morgan fingerprint density at radius 1 is 1.64 bits per heavy atom. The van der Waals surface area contributed by atoms with E-state index in [0.717, 1.165) is 38.0 Å². The van der Waals surface area contributed by atoms with Crippen molar-refractivity contribution in [2.24, 2.45) is 5.41 Å². The average Bonchev–Trinajstić information content (AvgIpc) is 2.72. The molecule has 1 unspecified atom stereocenters. The Bertz CT molecular complexity index is 268. The number of nitrogens with zero attached hydrogens (tertiary/aromatic N) is 1. The quantitative estimate of drug-likeness (QED) is 0.787. The minimum absolute atomic E-state index is 0.0341. The Morgan fingerprint density at radius 2 is 2.57 bits per heavy atom. The summed E-state index contributed by atoms with van der Waals surface area (Å²) in [4.78, 5) is 4.28. The number of aliphatic hydroxyl groups is 1. The Hall–Kier alpha value is -0.450. The summed E-state index contributed by atoms with van der Waals surface area (Å²) in [6.45, 7) is 2.26. The number of hydrogen-bond acceptors (Lipinski definition) is 4. The lowest BCUT2D eigenvalue weighted by atomic mass is 9.78. The molecule has 0 radical (unpaired) electrons. The van der Waals surface area contributed by atoms with E-state index in [1.54, 1.807) is 11.3 Å². The van der Waals surface area contributed by atoms with Crippen molar-refractivity contribution in [1.82, 2.24) is 10.3 Å². The Balaban J connectivity index is 2.04. The van der Waals surface area contributed by atoms with E-state index in [9.17, 15) is 5.11 Å². The summed E-state index contributed by atoms with van der Waals surface area (Å²) in [7, 11) is 0. The number of aliphatic hydroxyl groups excluding tert-OH is 1. The van der Waals surface area contributed by atoms with Crippen molar-refractivity contribution in [3.63, 3.8) is 0 Å². The van der Waals surface area contributed by atoms with E-state index < -0.39 is 0 Å². The van der Waals surface area contributed by atoms with Gasteiger partial charge in [0.05, 0.1) is 17.8 Å². The topological polar surface area (TPSA) is 45.2 Å². The highest BCUT2D eigenvalue weighted by Gasteiger charge is 2.31. The first-order chi connectivity index (χ1) is 6.85. The second-order valence-corrected chi connectivity index (χ2v) is 4.81. The van der Waals surface area contributed by atoms with Crippen LogP contribution in [0.2, 0.25) is 0 Å². The molecule has 1 aromatic heterocycles. The molecule has 3 nitrogen and oxygen atoms in total. The predicted octanol–water partition coefficient (Wildman–Crippen LogP) is 1.05. The maximum Gasteiger partial charge on any atom is 0.0794 e. The third kappa shape index (κ3) is 2.13. The molecular formula is C10H16N2OS. The first kappa shape index (κ1) is 10.1. The van der Waals surface area contributed by atoms with Crippen LogP contribution in [0.4, 0.5) is 0 Å². The fourth-order valence-electron chi connectivity index (χ4n) is 2.08. The van der Waals surface area contributed by atoms with Crippen LogP contribution in [0.25, 0.3) is 0 Å². The maximum atomic E-state index is 9.48. The number of aromatic nitrogens is 1. The molecule has 0 saturated carbocycles. The summed E-state index contributed by atoms with van der Waals surface area (Å²) < 4.78 is 0. The van der Waals surface area contributed by atoms with Gasteiger partial charge in [-0.3, -0.25) is 0 Å². The van der Waals surface area contributed by atoms with Gasteiger partial charge in [0.2, 0.25) is 0 Å². The van der Waals surface area contributed by atoms with Gasteiger partial charge in [-0.1, -0.05) is 0 Å². The van der Waals surface area contributed by atoms with Crippen molar-refractivity contribution < 1.29 is 5.11 Å². The second kappa shape index (κ2) is 4.38. The molecule has 0 aromatic carbocycles. The summed E-state index contributed by atoms with van der Waals surface area (Å²) in [5.41, 5.74) is 3.01. The lowest BCUT2D eigenvalue weighted by molar-refractivity contribution is 0.0939. The van der Waals surface area contributed by atoms with Crippen LogP contribution in [-0.4, -0.2) is 29.8 Å². The molecule has 1 fully saturated rings. The molecule has 0 amide bonds. The van der Waals surface area contributed by atoms with Crippen LogP contribution in [-0.2, 0) is 6.42 Å². The molecule has 1 aliphatic heterocycles. The molecule has 4 heteroatoms. The molecule has 1 aliphatic rings. The van der Waals surface area contributed by atoms with Crippen molar-refractivity contribution in [2.45, 2.75) is 19.3 Å². The van der Waals surface area contributed by atoms with Gasteiger partial charge in [-0.15, -0.1) is 11.3 Å². The van der Waals surface area contributed by atoms with Gasteiger partial charge >= 0.3 is 0 Å². The zero-order valence-electron chi connectivity index (χ0n) is 8.20. The number of hydrogen-bond donors (Lipinski definition) is 2. The van der Waals surface area contributed by atoms with Crippen LogP contribution in [0.1, 0.15) is 18.5 Å². The molecule has 14 heavy (non-hydrogen) atoms. The zero-order chi connectivity index (χ0) is 9.86. The van der Waals surface area contributed by atoms with Crippen molar-refractivity contribution in [3.05, 3.63) is 16.6 Å². The molecule has 1 aromatic rings. The van der Waals surface area contributed by atoms with E-state index in [1.807, 2.05) is 5.51 Å². The Kier molecular flexibility index (Phi) is 3.15. The number of nitrogens with one attached hydrogen (secondary N) is 1. The van der Waals surface area contributed by atoms with Gasteiger partial charge in [0, 0.05) is 17.3 Å². The summed E-state index contributed by atoms with van der Waals surface area (Å²) in [6, 6.07) is 0. The monoisotopic (exact) mass is 212 g/mol. The fourth-order valence-corrected chi connectivity index (χ4v) is 2.64. The normalized spacial score (nSPS) is 27.8. The summed E-state index contributed by atoms with van der Waals surface area (Å²) in [5, 5.41) is 14.9. The van der Waals surface area contributed by atoms with Gasteiger partial charge in [-0.05, 0) is 25.8 Å². The largest absolute Gasteiger partial charge is 0.396 e. The van der Waals surface area contributed by atoms with Gasteiger partial charge in [-0.2, -0.15) is 0 Å². The van der Waals surface area contributed by atoms with Crippen LogP contribution < -0.4 is 5.32 Å². The molecule has 0 aliphatic carbocycles.